The number of halogens is 1. The third-order valence-electron chi connectivity index (χ3n) is 4.60. The number of piperidine rings is 1. The van der Waals surface area contributed by atoms with Gasteiger partial charge in [-0.2, -0.15) is 4.31 Å². The van der Waals surface area contributed by atoms with Gasteiger partial charge in [-0.25, -0.2) is 22.6 Å². The molecule has 0 bridgehead atoms. The van der Waals surface area contributed by atoms with Gasteiger partial charge in [0.15, 0.2) is 0 Å². The first-order valence-corrected chi connectivity index (χ1v) is 10.7. The van der Waals surface area contributed by atoms with Crippen LogP contribution in [-0.2, 0) is 10.0 Å². The Kier molecular flexibility index (Phi) is 6.33. The maximum absolute atomic E-state index is 13.1. The Morgan fingerprint density at radius 1 is 1.17 bits per heavy atom. The molecule has 2 atom stereocenters. The standard InChI is InChI=1S/C19H24FN5O3S/c1-13-8-14(2)12-25(11-13)29(27,28)17-6-7-18(21-10-17)23-24-19(26)22-16-5-3-4-15(20)9-16/h3-7,9-10,13-14H,8,11-12H2,1-2H3,(H,21,23)(H2,22,24,26). The van der Waals surface area contributed by atoms with Crippen LogP contribution in [0.25, 0.3) is 0 Å². The Bertz CT molecular complexity index is 958. The summed E-state index contributed by atoms with van der Waals surface area (Å²) in [6, 6.07) is 7.76. The lowest BCUT2D eigenvalue weighted by molar-refractivity contribution is 0.222. The predicted octanol–water partition coefficient (Wildman–Crippen LogP) is 3.04. The molecule has 2 aromatic rings. The second-order valence-corrected chi connectivity index (χ2v) is 9.30. The maximum atomic E-state index is 13.1. The van der Waals surface area contributed by atoms with E-state index in [1.165, 1.54) is 40.8 Å². The minimum Gasteiger partial charge on any atom is -0.306 e. The molecule has 29 heavy (non-hydrogen) atoms. The molecule has 2 amide bonds. The average Bonchev–Trinajstić information content (AvgIpc) is 2.66. The van der Waals surface area contributed by atoms with Crippen LogP contribution >= 0.6 is 0 Å². The van der Waals surface area contributed by atoms with E-state index in [-0.39, 0.29) is 10.7 Å². The Labute approximate surface area is 169 Å². The largest absolute Gasteiger partial charge is 0.337 e. The number of hydrogen-bond donors (Lipinski definition) is 3. The summed E-state index contributed by atoms with van der Waals surface area (Å²) in [5.74, 6) is 0.414. The normalized spacial score (nSPS) is 20.1. The number of nitrogens with zero attached hydrogens (tertiary/aromatic N) is 2. The first-order chi connectivity index (χ1) is 13.7. The van der Waals surface area contributed by atoms with E-state index in [1.54, 1.807) is 6.07 Å². The maximum Gasteiger partial charge on any atom is 0.337 e. The lowest BCUT2D eigenvalue weighted by Gasteiger charge is -2.33. The highest BCUT2D eigenvalue weighted by molar-refractivity contribution is 7.89. The van der Waals surface area contributed by atoms with Crippen LogP contribution < -0.4 is 16.2 Å². The molecule has 3 rings (SSSR count). The zero-order valence-corrected chi connectivity index (χ0v) is 17.0. The van der Waals surface area contributed by atoms with E-state index in [4.69, 9.17) is 0 Å². The molecule has 1 aromatic heterocycles. The van der Waals surface area contributed by atoms with Gasteiger partial charge in [0.25, 0.3) is 0 Å². The Morgan fingerprint density at radius 2 is 1.90 bits per heavy atom. The van der Waals surface area contributed by atoms with Crippen LogP contribution in [0.1, 0.15) is 20.3 Å². The van der Waals surface area contributed by atoms with Crippen LogP contribution in [0.3, 0.4) is 0 Å². The van der Waals surface area contributed by atoms with Crippen LogP contribution in [0, 0.1) is 17.7 Å². The molecule has 8 nitrogen and oxygen atoms in total. The number of urea groups is 1. The van der Waals surface area contributed by atoms with E-state index in [2.05, 4.69) is 21.2 Å². The first kappa shape index (κ1) is 21.0. The highest BCUT2D eigenvalue weighted by Crippen LogP contribution is 2.26. The van der Waals surface area contributed by atoms with Gasteiger partial charge in [0.05, 0.1) is 0 Å². The second kappa shape index (κ2) is 8.75. The highest BCUT2D eigenvalue weighted by Gasteiger charge is 2.31. The van der Waals surface area contributed by atoms with Gasteiger partial charge in [0.2, 0.25) is 10.0 Å². The molecule has 1 aliphatic rings. The van der Waals surface area contributed by atoms with Crippen molar-refractivity contribution in [3.8, 4) is 0 Å². The van der Waals surface area contributed by atoms with E-state index >= 15 is 0 Å². The average molecular weight is 421 g/mol. The Morgan fingerprint density at radius 3 is 2.52 bits per heavy atom. The van der Waals surface area contributed by atoms with E-state index in [0.717, 1.165) is 6.42 Å². The van der Waals surface area contributed by atoms with Gasteiger partial charge in [-0.15, -0.1) is 0 Å². The number of carbonyl (C=O) groups is 1. The van der Waals surface area contributed by atoms with Crippen molar-refractivity contribution >= 4 is 27.6 Å². The highest BCUT2D eigenvalue weighted by atomic mass is 32.2. The summed E-state index contributed by atoms with van der Waals surface area (Å²) in [7, 11) is -3.61. The number of amides is 2. The van der Waals surface area contributed by atoms with Crippen molar-refractivity contribution in [3.63, 3.8) is 0 Å². The monoisotopic (exact) mass is 421 g/mol. The zero-order valence-electron chi connectivity index (χ0n) is 16.2. The molecule has 2 unspecified atom stereocenters. The van der Waals surface area contributed by atoms with E-state index in [0.29, 0.717) is 30.6 Å². The van der Waals surface area contributed by atoms with Gasteiger partial charge in [-0.1, -0.05) is 19.9 Å². The fourth-order valence-electron chi connectivity index (χ4n) is 3.41. The summed E-state index contributed by atoms with van der Waals surface area (Å²) in [5.41, 5.74) is 5.23. The summed E-state index contributed by atoms with van der Waals surface area (Å²) in [4.78, 5) is 16.0. The van der Waals surface area contributed by atoms with Gasteiger partial charge < -0.3 is 5.32 Å². The van der Waals surface area contributed by atoms with Gasteiger partial charge in [-0.05, 0) is 48.6 Å². The van der Waals surface area contributed by atoms with Gasteiger partial charge in [-0.3, -0.25) is 10.9 Å². The fraction of sp³-hybridized carbons (Fsp3) is 0.368. The third kappa shape index (κ3) is 5.42. The van der Waals surface area contributed by atoms with Crippen LogP contribution in [0.15, 0.2) is 47.5 Å². The molecule has 1 saturated heterocycles. The Balaban J connectivity index is 1.59. The summed E-state index contributed by atoms with van der Waals surface area (Å²) in [6.07, 6.45) is 2.27. The lowest BCUT2D eigenvalue weighted by Crippen LogP contribution is -2.42. The minimum absolute atomic E-state index is 0.105. The summed E-state index contributed by atoms with van der Waals surface area (Å²) in [5, 5.41) is 2.46. The van der Waals surface area contributed by atoms with Crippen LogP contribution in [-0.4, -0.2) is 36.8 Å². The van der Waals surface area contributed by atoms with Gasteiger partial charge in [0.1, 0.15) is 16.5 Å². The van der Waals surface area contributed by atoms with Crippen molar-refractivity contribution in [1.29, 1.82) is 0 Å². The third-order valence-corrected chi connectivity index (χ3v) is 6.41. The van der Waals surface area contributed by atoms with E-state index < -0.39 is 21.9 Å². The Hall–Kier alpha value is -2.72. The summed E-state index contributed by atoms with van der Waals surface area (Å²) in [6.45, 7) is 5.08. The summed E-state index contributed by atoms with van der Waals surface area (Å²) >= 11 is 0. The number of sulfonamides is 1. The smallest absolute Gasteiger partial charge is 0.306 e. The number of hydrogen-bond acceptors (Lipinski definition) is 5. The van der Waals surface area contributed by atoms with Crippen LogP contribution in [0.2, 0.25) is 0 Å². The molecule has 1 aliphatic heterocycles. The fourth-order valence-corrected chi connectivity index (χ4v) is 5.03. The summed E-state index contributed by atoms with van der Waals surface area (Å²) < 4.78 is 40.3. The predicted molar refractivity (Wildman–Crippen MR) is 108 cm³/mol. The number of rotatable bonds is 5. The van der Waals surface area contributed by atoms with Crippen molar-refractivity contribution in [2.24, 2.45) is 11.8 Å². The number of hydrazine groups is 1. The number of carbonyl (C=O) groups excluding carboxylic acids is 1. The number of aromatic nitrogens is 1. The number of benzene rings is 1. The van der Waals surface area contributed by atoms with E-state index in [1.807, 2.05) is 13.8 Å². The first-order valence-electron chi connectivity index (χ1n) is 9.29. The van der Waals surface area contributed by atoms with Crippen LogP contribution in [0.5, 0.6) is 0 Å². The molecule has 0 saturated carbocycles. The molecule has 1 fully saturated rings. The van der Waals surface area contributed by atoms with Gasteiger partial charge >= 0.3 is 6.03 Å². The molecule has 2 heterocycles. The number of pyridine rings is 1. The lowest BCUT2D eigenvalue weighted by atomic mass is 9.94. The molecule has 0 spiro atoms. The van der Waals surface area contributed by atoms with Crippen LogP contribution in [0.4, 0.5) is 20.7 Å². The topological polar surface area (TPSA) is 103 Å². The van der Waals surface area contributed by atoms with Crippen molar-refractivity contribution in [3.05, 3.63) is 48.4 Å². The zero-order chi connectivity index (χ0) is 21.0. The molecule has 156 valence electrons. The molecule has 10 heteroatoms. The second-order valence-electron chi connectivity index (χ2n) is 7.36. The molecule has 0 radical (unpaired) electrons. The number of anilines is 2. The quantitative estimate of drug-likeness (QED) is 0.644. The van der Waals surface area contributed by atoms with Crippen molar-refractivity contribution in [2.75, 3.05) is 23.8 Å². The van der Waals surface area contributed by atoms with Gasteiger partial charge in [0, 0.05) is 25.0 Å². The number of nitrogens with one attached hydrogen (secondary N) is 3. The molecular formula is C19H24FN5O3S. The molecular weight excluding hydrogens is 397 g/mol. The SMILES string of the molecule is CC1CC(C)CN(S(=O)(=O)c2ccc(NNC(=O)Nc3cccc(F)c3)nc2)C1. The molecule has 3 N–H and O–H groups in total. The molecule has 0 aliphatic carbocycles. The van der Waals surface area contributed by atoms with Crippen molar-refractivity contribution < 1.29 is 17.6 Å². The van der Waals surface area contributed by atoms with E-state index in [9.17, 15) is 17.6 Å². The minimum atomic E-state index is -3.61. The molecule has 1 aromatic carbocycles. The van der Waals surface area contributed by atoms with Crippen molar-refractivity contribution in [2.45, 2.75) is 25.2 Å². The van der Waals surface area contributed by atoms with Crippen molar-refractivity contribution in [1.82, 2.24) is 14.7 Å².